The third-order valence-electron chi connectivity index (χ3n) is 7.67. The first kappa shape index (κ1) is 25.5. The number of fused-ring (bicyclic) bond motifs is 2. The second kappa shape index (κ2) is 11.0. The van der Waals surface area contributed by atoms with E-state index >= 15 is 0 Å². The maximum absolute atomic E-state index is 13.6. The van der Waals surface area contributed by atoms with Crippen LogP contribution in [-0.4, -0.2) is 77.4 Å². The van der Waals surface area contributed by atoms with E-state index in [9.17, 15) is 24.3 Å². The molecule has 2 aliphatic carbocycles. The zero-order chi connectivity index (χ0) is 25.0. The number of nitrogens with one attached hydrogen (secondary N) is 2. The lowest BCUT2D eigenvalue weighted by Gasteiger charge is -2.29. The van der Waals surface area contributed by atoms with E-state index < -0.39 is 47.6 Å². The lowest BCUT2D eigenvalue weighted by molar-refractivity contribution is -0.148. The van der Waals surface area contributed by atoms with Crippen LogP contribution < -0.4 is 10.6 Å². The molecule has 10 nitrogen and oxygen atoms in total. The molecule has 2 heterocycles. The number of amides is 3. The van der Waals surface area contributed by atoms with Crippen molar-refractivity contribution in [1.29, 1.82) is 0 Å². The van der Waals surface area contributed by atoms with Crippen LogP contribution in [0.5, 0.6) is 0 Å². The van der Waals surface area contributed by atoms with Gasteiger partial charge in [-0.3, -0.25) is 9.59 Å². The Hall–Kier alpha value is -2.62. The molecule has 0 bridgehead atoms. The number of rotatable bonds is 3. The van der Waals surface area contributed by atoms with Crippen molar-refractivity contribution >= 4 is 23.9 Å². The van der Waals surface area contributed by atoms with Crippen LogP contribution in [0.4, 0.5) is 4.79 Å². The third kappa shape index (κ3) is 5.79. The summed E-state index contributed by atoms with van der Waals surface area (Å²) in [5.41, 5.74) is -1.15. The highest BCUT2D eigenvalue weighted by Gasteiger charge is 2.62. The minimum Gasteiger partial charge on any atom is -0.467 e. The molecule has 0 aromatic heterocycles. The van der Waals surface area contributed by atoms with Gasteiger partial charge in [-0.15, -0.1) is 0 Å². The number of alkyl carbamates (subject to hydrolysis) is 1. The van der Waals surface area contributed by atoms with Crippen LogP contribution in [-0.2, 0) is 23.9 Å². The molecule has 0 unspecified atom stereocenters. The van der Waals surface area contributed by atoms with E-state index in [2.05, 4.69) is 10.6 Å². The number of carbonyl (C=O) groups excluding carboxylic acids is 4. The topological polar surface area (TPSA) is 134 Å². The van der Waals surface area contributed by atoms with Gasteiger partial charge >= 0.3 is 12.1 Å². The Morgan fingerprint density at radius 3 is 2.63 bits per heavy atom. The second-order valence-electron chi connectivity index (χ2n) is 10.2. The van der Waals surface area contributed by atoms with Gasteiger partial charge in [0, 0.05) is 18.9 Å². The van der Waals surface area contributed by atoms with Gasteiger partial charge < -0.3 is 30.1 Å². The minimum atomic E-state index is -1.15. The van der Waals surface area contributed by atoms with Crippen molar-refractivity contribution in [2.45, 2.75) is 100 Å². The molecule has 0 spiro atoms. The summed E-state index contributed by atoms with van der Waals surface area (Å²) >= 11 is 0. The van der Waals surface area contributed by atoms with Crippen molar-refractivity contribution in [3.05, 3.63) is 12.2 Å². The summed E-state index contributed by atoms with van der Waals surface area (Å²) in [4.78, 5) is 53.3. The van der Waals surface area contributed by atoms with Crippen molar-refractivity contribution < 1.29 is 33.8 Å². The molecule has 0 aromatic rings. The summed E-state index contributed by atoms with van der Waals surface area (Å²) in [6.45, 7) is -0.0126. The van der Waals surface area contributed by atoms with Gasteiger partial charge in [-0.1, -0.05) is 25.0 Å². The molecule has 3 N–H and O–H groups in total. The van der Waals surface area contributed by atoms with E-state index in [0.29, 0.717) is 12.8 Å². The molecule has 10 heteroatoms. The van der Waals surface area contributed by atoms with Crippen molar-refractivity contribution in [3.8, 4) is 0 Å². The summed E-state index contributed by atoms with van der Waals surface area (Å²) in [6, 6.07) is -1.79. The molecule has 2 saturated carbocycles. The molecule has 2 aliphatic heterocycles. The van der Waals surface area contributed by atoms with Crippen molar-refractivity contribution in [3.63, 3.8) is 0 Å². The van der Waals surface area contributed by atoms with Gasteiger partial charge in [0.15, 0.2) is 0 Å². The number of carbonyl (C=O) groups is 4. The lowest BCUT2D eigenvalue weighted by Crippen LogP contribution is -2.56. The second-order valence-corrected chi connectivity index (χ2v) is 10.2. The Balaban J connectivity index is 1.52. The average Bonchev–Trinajstić information content (AvgIpc) is 3.14. The number of allylic oxidation sites excluding steroid dienone is 1. The Bertz CT molecular complexity index is 856. The SMILES string of the molecule is COC(=O)[C@@]12C[C@H]1C=CCCCCC[C@H](NC(=O)OC1CCCC1)C(=O)N1C[C@H](O)C[C@H]1C(=O)N2. The largest absolute Gasteiger partial charge is 0.467 e. The van der Waals surface area contributed by atoms with Gasteiger partial charge in [-0.25, -0.2) is 9.59 Å². The molecule has 4 aliphatic rings. The first-order valence-electron chi connectivity index (χ1n) is 12.9. The number of aliphatic hydroxyl groups excluding tert-OH is 1. The van der Waals surface area contributed by atoms with E-state index in [-0.39, 0.29) is 25.0 Å². The molecule has 0 radical (unpaired) electrons. The normalized spacial score (nSPS) is 34.2. The van der Waals surface area contributed by atoms with E-state index in [4.69, 9.17) is 9.47 Å². The first-order chi connectivity index (χ1) is 16.8. The molecule has 1 saturated heterocycles. The monoisotopic (exact) mass is 491 g/mol. The van der Waals surface area contributed by atoms with E-state index in [1.807, 2.05) is 12.2 Å². The summed E-state index contributed by atoms with van der Waals surface area (Å²) in [5, 5.41) is 15.9. The third-order valence-corrected chi connectivity index (χ3v) is 7.67. The summed E-state index contributed by atoms with van der Waals surface area (Å²) in [7, 11) is 1.29. The smallest absolute Gasteiger partial charge is 0.408 e. The molecular weight excluding hydrogens is 454 g/mol. The standard InChI is InChI=1S/C25H37N3O7/c1-34-23(32)25-14-16(25)9-5-3-2-4-6-12-19(26-24(33)35-18-10-7-8-11-18)22(31)28-15-17(29)13-20(28)21(30)27-25/h5,9,16-20,29H,2-4,6-8,10-15H2,1H3,(H,26,33)(H,27,30)/t16-,17-,19+,20+,25-/m1/s1. The van der Waals surface area contributed by atoms with Crippen LogP contribution in [0.2, 0.25) is 0 Å². The number of aliphatic hydroxyl groups is 1. The fourth-order valence-corrected chi connectivity index (χ4v) is 5.58. The molecule has 5 atom stereocenters. The number of hydrogen-bond acceptors (Lipinski definition) is 7. The van der Waals surface area contributed by atoms with Gasteiger partial charge in [0.1, 0.15) is 23.7 Å². The first-order valence-corrected chi connectivity index (χ1v) is 12.9. The lowest BCUT2D eigenvalue weighted by atomic mass is 10.0. The van der Waals surface area contributed by atoms with Crippen LogP contribution >= 0.6 is 0 Å². The van der Waals surface area contributed by atoms with Gasteiger partial charge in [0.05, 0.1) is 13.2 Å². The fourth-order valence-electron chi connectivity index (χ4n) is 5.58. The van der Waals surface area contributed by atoms with E-state index in [1.54, 1.807) is 0 Å². The maximum atomic E-state index is 13.6. The van der Waals surface area contributed by atoms with Crippen LogP contribution in [0.3, 0.4) is 0 Å². The number of ether oxygens (including phenoxy) is 2. The summed E-state index contributed by atoms with van der Waals surface area (Å²) < 4.78 is 10.5. The van der Waals surface area contributed by atoms with Gasteiger partial charge in [0.2, 0.25) is 11.8 Å². The van der Waals surface area contributed by atoms with Crippen molar-refractivity contribution in [2.24, 2.45) is 5.92 Å². The van der Waals surface area contributed by atoms with E-state index in [0.717, 1.165) is 51.4 Å². The van der Waals surface area contributed by atoms with E-state index in [1.165, 1.54) is 12.0 Å². The zero-order valence-corrected chi connectivity index (χ0v) is 20.4. The number of nitrogens with zero attached hydrogens (tertiary/aromatic N) is 1. The molecule has 4 rings (SSSR count). The Morgan fingerprint density at radius 2 is 1.89 bits per heavy atom. The molecule has 0 aromatic carbocycles. The maximum Gasteiger partial charge on any atom is 0.408 e. The highest BCUT2D eigenvalue weighted by molar-refractivity contribution is 5.96. The predicted octanol–water partition coefficient (Wildman–Crippen LogP) is 1.55. The molecule has 194 valence electrons. The Labute approximate surface area is 205 Å². The highest BCUT2D eigenvalue weighted by Crippen LogP contribution is 2.46. The van der Waals surface area contributed by atoms with Gasteiger partial charge in [-0.2, -0.15) is 0 Å². The predicted molar refractivity (Wildman–Crippen MR) is 125 cm³/mol. The molecule has 3 amide bonds. The highest BCUT2D eigenvalue weighted by atomic mass is 16.6. The number of esters is 1. The van der Waals surface area contributed by atoms with Gasteiger partial charge in [-0.05, 0) is 51.4 Å². The summed E-state index contributed by atoms with van der Waals surface area (Å²) in [6.07, 6.45) is 10.2. The van der Waals surface area contributed by atoms with Crippen molar-refractivity contribution in [1.82, 2.24) is 15.5 Å². The van der Waals surface area contributed by atoms with Gasteiger partial charge in [0.25, 0.3) is 0 Å². The van der Waals surface area contributed by atoms with Crippen molar-refractivity contribution in [2.75, 3.05) is 13.7 Å². The fraction of sp³-hybridized carbons (Fsp3) is 0.760. The van der Waals surface area contributed by atoms with Crippen LogP contribution in [0.1, 0.15) is 70.6 Å². The molecule has 35 heavy (non-hydrogen) atoms. The number of methoxy groups -OCH3 is 1. The summed E-state index contributed by atoms with van der Waals surface area (Å²) in [5.74, 6) is -1.61. The average molecular weight is 492 g/mol. The quantitative estimate of drug-likeness (QED) is 0.403. The van der Waals surface area contributed by atoms with Crippen LogP contribution in [0.15, 0.2) is 12.2 Å². The van der Waals surface area contributed by atoms with Crippen LogP contribution in [0.25, 0.3) is 0 Å². The Kier molecular flexibility index (Phi) is 7.98. The Morgan fingerprint density at radius 1 is 1.14 bits per heavy atom. The number of hydrogen-bond donors (Lipinski definition) is 3. The molecule has 3 fully saturated rings. The zero-order valence-electron chi connectivity index (χ0n) is 20.4. The minimum absolute atomic E-state index is 0.0126. The van der Waals surface area contributed by atoms with Crippen LogP contribution in [0, 0.1) is 5.92 Å². The molecular formula is C25H37N3O7.